The molecule has 1 aliphatic rings. The fourth-order valence-corrected chi connectivity index (χ4v) is 2.33. The Morgan fingerprint density at radius 3 is 2.72 bits per heavy atom. The number of hydrogen-bond acceptors (Lipinski definition) is 3. The van der Waals surface area contributed by atoms with E-state index in [1.54, 1.807) is 6.92 Å². The normalized spacial score (nSPS) is 16.0. The van der Waals surface area contributed by atoms with E-state index in [4.69, 9.17) is 0 Å². The lowest BCUT2D eigenvalue weighted by Crippen LogP contribution is -2.40. The van der Waals surface area contributed by atoms with Crippen molar-refractivity contribution in [3.63, 3.8) is 0 Å². The molecular weight excluding hydrogens is 332 g/mol. The zero-order chi connectivity index (χ0) is 18.4. The Hall–Kier alpha value is -2.71. The molecule has 0 bridgehead atoms. The van der Waals surface area contributed by atoms with Crippen molar-refractivity contribution < 1.29 is 18.4 Å². The Labute approximate surface area is 144 Å². The van der Waals surface area contributed by atoms with Gasteiger partial charge in [0.1, 0.15) is 0 Å². The van der Waals surface area contributed by atoms with Crippen LogP contribution in [0.5, 0.6) is 0 Å². The first-order valence-corrected chi connectivity index (χ1v) is 8.00. The van der Waals surface area contributed by atoms with Gasteiger partial charge in [-0.05, 0) is 31.5 Å². The first-order chi connectivity index (χ1) is 11.9. The van der Waals surface area contributed by atoms with Gasteiger partial charge < -0.3 is 16.0 Å². The van der Waals surface area contributed by atoms with E-state index in [-0.39, 0.29) is 31.6 Å². The van der Waals surface area contributed by atoms with Crippen molar-refractivity contribution in [3.8, 4) is 0 Å². The average Bonchev–Trinajstić information content (AvgIpc) is 2.89. The van der Waals surface area contributed by atoms with E-state index in [1.807, 2.05) is 6.92 Å². The number of imide groups is 1. The van der Waals surface area contributed by atoms with Crippen LogP contribution >= 0.6 is 0 Å². The molecule has 0 aliphatic carbocycles. The highest BCUT2D eigenvalue weighted by Crippen LogP contribution is 2.15. The van der Waals surface area contributed by atoms with Gasteiger partial charge >= 0.3 is 6.03 Å². The predicted molar refractivity (Wildman–Crippen MR) is 89.0 cm³/mol. The third-order valence-electron chi connectivity index (χ3n) is 3.67. The number of carbonyl (C=O) groups is 2. The number of aliphatic imine (C=N–C) groups is 1. The molecule has 3 amide bonds. The van der Waals surface area contributed by atoms with Crippen LogP contribution in [0.25, 0.3) is 0 Å². The first-order valence-electron chi connectivity index (χ1n) is 8.00. The smallest absolute Gasteiger partial charge is 0.324 e. The van der Waals surface area contributed by atoms with Gasteiger partial charge in [-0.25, -0.2) is 13.6 Å². The Kier molecular flexibility index (Phi) is 6.26. The van der Waals surface area contributed by atoms with Crippen LogP contribution in [0.2, 0.25) is 0 Å². The molecule has 0 spiro atoms. The van der Waals surface area contributed by atoms with Crippen LogP contribution in [0, 0.1) is 11.6 Å². The van der Waals surface area contributed by atoms with Gasteiger partial charge in [0, 0.05) is 6.54 Å². The van der Waals surface area contributed by atoms with E-state index < -0.39 is 17.7 Å². The average molecular weight is 353 g/mol. The monoisotopic (exact) mass is 353 g/mol. The summed E-state index contributed by atoms with van der Waals surface area (Å²) in [6.07, 6.45) is 0. The van der Waals surface area contributed by atoms with Crippen LogP contribution < -0.4 is 16.0 Å². The molecule has 1 aliphatic heterocycles. The standard InChI is InChI=1S/C16H21F2N5O2/c1-3-19-15(20-6-7-23-14(24)9-21-16(23)25)22-10(2)11-4-5-12(17)13(18)8-11/h4-5,8,10H,3,6-7,9H2,1-2H3,(H,21,25)(H2,19,20,22). The molecule has 1 saturated heterocycles. The van der Waals surface area contributed by atoms with Crippen LogP contribution in [0.4, 0.5) is 13.6 Å². The highest BCUT2D eigenvalue weighted by atomic mass is 19.2. The van der Waals surface area contributed by atoms with Crippen molar-refractivity contribution in [3.05, 3.63) is 35.4 Å². The maximum atomic E-state index is 13.3. The molecule has 1 fully saturated rings. The van der Waals surface area contributed by atoms with E-state index in [2.05, 4.69) is 20.9 Å². The number of rotatable bonds is 6. The molecule has 0 saturated carbocycles. The first kappa shape index (κ1) is 18.6. The number of nitrogens with one attached hydrogen (secondary N) is 3. The van der Waals surface area contributed by atoms with Crippen molar-refractivity contribution in [2.24, 2.45) is 4.99 Å². The van der Waals surface area contributed by atoms with Crippen LogP contribution in [0.1, 0.15) is 25.5 Å². The fourth-order valence-electron chi connectivity index (χ4n) is 2.33. The summed E-state index contributed by atoms with van der Waals surface area (Å²) in [6, 6.07) is 2.96. The molecule has 9 heteroatoms. The molecule has 1 unspecified atom stereocenters. The molecule has 1 aromatic carbocycles. The maximum Gasteiger partial charge on any atom is 0.324 e. The van der Waals surface area contributed by atoms with Gasteiger partial charge in [-0.2, -0.15) is 0 Å². The summed E-state index contributed by atoms with van der Waals surface area (Å²) in [7, 11) is 0. The van der Waals surface area contributed by atoms with Gasteiger partial charge in [-0.3, -0.25) is 14.7 Å². The van der Waals surface area contributed by atoms with Gasteiger partial charge in [-0.1, -0.05) is 6.07 Å². The Morgan fingerprint density at radius 2 is 2.12 bits per heavy atom. The lowest BCUT2D eigenvalue weighted by Gasteiger charge is -2.19. The summed E-state index contributed by atoms with van der Waals surface area (Å²) < 4.78 is 26.4. The molecule has 136 valence electrons. The van der Waals surface area contributed by atoms with Crippen molar-refractivity contribution in [2.75, 3.05) is 26.2 Å². The minimum absolute atomic E-state index is 0.00797. The van der Waals surface area contributed by atoms with E-state index in [1.165, 1.54) is 6.07 Å². The number of hydrogen-bond donors (Lipinski definition) is 3. The fraction of sp³-hybridized carbons (Fsp3) is 0.438. The van der Waals surface area contributed by atoms with E-state index in [9.17, 15) is 18.4 Å². The SMILES string of the molecule is CCNC(=NCCN1C(=O)CNC1=O)NC(C)c1ccc(F)c(F)c1. The minimum Gasteiger partial charge on any atom is -0.357 e. The Balaban J connectivity index is 1.97. The van der Waals surface area contributed by atoms with E-state index in [0.717, 1.165) is 17.0 Å². The molecule has 1 atom stereocenters. The zero-order valence-electron chi connectivity index (χ0n) is 14.1. The summed E-state index contributed by atoms with van der Waals surface area (Å²) in [5, 5.41) is 8.54. The predicted octanol–water partition coefficient (Wildman–Crippen LogP) is 1.13. The highest BCUT2D eigenvalue weighted by Gasteiger charge is 2.27. The van der Waals surface area contributed by atoms with Crippen molar-refractivity contribution in [1.29, 1.82) is 0 Å². The molecule has 3 N–H and O–H groups in total. The summed E-state index contributed by atoms with van der Waals surface area (Å²) >= 11 is 0. The number of benzene rings is 1. The minimum atomic E-state index is -0.911. The topological polar surface area (TPSA) is 85.8 Å². The van der Waals surface area contributed by atoms with E-state index in [0.29, 0.717) is 18.1 Å². The number of halogens is 2. The molecule has 2 rings (SSSR count). The third-order valence-corrected chi connectivity index (χ3v) is 3.67. The summed E-state index contributed by atoms with van der Waals surface area (Å²) in [6.45, 7) is 4.67. The van der Waals surface area contributed by atoms with Crippen LogP contribution in [-0.4, -0.2) is 49.0 Å². The summed E-state index contributed by atoms with van der Waals surface area (Å²) in [5.41, 5.74) is 0.568. The van der Waals surface area contributed by atoms with E-state index >= 15 is 0 Å². The maximum absolute atomic E-state index is 13.3. The molecule has 25 heavy (non-hydrogen) atoms. The van der Waals surface area contributed by atoms with Crippen LogP contribution in [-0.2, 0) is 4.79 Å². The number of guanidine groups is 1. The van der Waals surface area contributed by atoms with Gasteiger partial charge in [0.25, 0.3) is 0 Å². The number of nitrogens with zero attached hydrogens (tertiary/aromatic N) is 2. The van der Waals surface area contributed by atoms with Crippen molar-refractivity contribution in [1.82, 2.24) is 20.9 Å². The lowest BCUT2D eigenvalue weighted by atomic mass is 10.1. The van der Waals surface area contributed by atoms with Crippen molar-refractivity contribution >= 4 is 17.9 Å². The number of urea groups is 1. The second-order valence-electron chi connectivity index (χ2n) is 5.50. The summed E-state index contributed by atoms with van der Waals surface area (Å²) in [4.78, 5) is 28.4. The third kappa shape index (κ3) is 4.88. The Morgan fingerprint density at radius 1 is 1.36 bits per heavy atom. The second kappa shape index (κ2) is 8.41. The molecule has 7 nitrogen and oxygen atoms in total. The van der Waals surface area contributed by atoms with Crippen LogP contribution in [0.15, 0.2) is 23.2 Å². The van der Waals surface area contributed by atoms with Crippen molar-refractivity contribution in [2.45, 2.75) is 19.9 Å². The highest BCUT2D eigenvalue weighted by molar-refractivity contribution is 6.01. The number of amides is 3. The Bertz CT molecular complexity index is 664. The summed E-state index contributed by atoms with van der Waals surface area (Å²) in [5.74, 6) is -1.64. The molecule has 0 aromatic heterocycles. The van der Waals surface area contributed by atoms with Gasteiger partial charge in [0.2, 0.25) is 5.91 Å². The molecule has 1 aromatic rings. The molecule has 0 radical (unpaired) electrons. The largest absolute Gasteiger partial charge is 0.357 e. The van der Waals surface area contributed by atoms with Gasteiger partial charge in [0.05, 0.1) is 25.7 Å². The second-order valence-corrected chi connectivity index (χ2v) is 5.50. The van der Waals surface area contributed by atoms with Gasteiger partial charge in [-0.15, -0.1) is 0 Å². The van der Waals surface area contributed by atoms with Gasteiger partial charge in [0.15, 0.2) is 17.6 Å². The number of carbonyl (C=O) groups excluding carboxylic acids is 2. The zero-order valence-corrected chi connectivity index (χ0v) is 14.1. The molecule has 1 heterocycles. The van der Waals surface area contributed by atoms with Crippen LogP contribution in [0.3, 0.4) is 0 Å². The molecular formula is C16H21F2N5O2. The lowest BCUT2D eigenvalue weighted by molar-refractivity contribution is -0.124. The quantitative estimate of drug-likeness (QED) is 0.407.